The van der Waals surface area contributed by atoms with Crippen LogP contribution < -0.4 is 4.72 Å². The normalized spacial score (nSPS) is 15.2. The molecule has 0 spiro atoms. The van der Waals surface area contributed by atoms with Crippen molar-refractivity contribution in [1.29, 1.82) is 0 Å². The minimum atomic E-state index is -4.00. The predicted octanol–water partition coefficient (Wildman–Crippen LogP) is -0.847. The van der Waals surface area contributed by atoms with E-state index in [9.17, 15) is 17.4 Å². The SMILES string of the molecule is CC(CNS(=O)(=O)c1[nH]ncc1C(=O)O)S(C)=O. The second-order valence-corrected chi connectivity index (χ2v) is 7.08. The molecule has 0 saturated heterocycles. The molecule has 1 rings (SSSR count). The number of nitrogens with one attached hydrogen (secondary N) is 2. The minimum Gasteiger partial charge on any atom is -0.478 e. The van der Waals surface area contributed by atoms with Gasteiger partial charge in [-0.1, -0.05) is 0 Å². The highest BCUT2D eigenvalue weighted by atomic mass is 32.2. The second kappa shape index (κ2) is 5.59. The van der Waals surface area contributed by atoms with Gasteiger partial charge in [-0.3, -0.25) is 9.31 Å². The lowest BCUT2D eigenvalue weighted by Gasteiger charge is -2.09. The van der Waals surface area contributed by atoms with Gasteiger partial charge in [-0.15, -0.1) is 0 Å². The monoisotopic (exact) mass is 295 g/mol. The quantitative estimate of drug-likeness (QED) is 0.627. The van der Waals surface area contributed by atoms with E-state index in [-0.39, 0.29) is 11.8 Å². The number of H-pyrrole nitrogens is 1. The molecular formula is C8H13N3O5S2. The summed E-state index contributed by atoms with van der Waals surface area (Å²) in [6, 6.07) is 0. The summed E-state index contributed by atoms with van der Waals surface area (Å²) >= 11 is 0. The number of sulfonamides is 1. The van der Waals surface area contributed by atoms with Gasteiger partial charge in [0, 0.05) is 28.9 Å². The van der Waals surface area contributed by atoms with Crippen LogP contribution in [-0.4, -0.2) is 52.0 Å². The summed E-state index contributed by atoms with van der Waals surface area (Å²) < 4.78 is 36.9. The molecule has 2 unspecified atom stereocenters. The first-order valence-electron chi connectivity index (χ1n) is 4.84. The van der Waals surface area contributed by atoms with E-state index in [1.807, 2.05) is 0 Å². The van der Waals surface area contributed by atoms with Crippen molar-refractivity contribution >= 4 is 26.8 Å². The average molecular weight is 295 g/mol. The molecule has 0 aliphatic carbocycles. The summed E-state index contributed by atoms with van der Waals surface area (Å²) in [5, 5.41) is 13.4. The number of aromatic carboxylic acids is 1. The summed E-state index contributed by atoms with van der Waals surface area (Å²) in [6.07, 6.45) is 2.37. The highest BCUT2D eigenvalue weighted by Crippen LogP contribution is 2.11. The Morgan fingerprint density at radius 3 is 2.78 bits per heavy atom. The molecule has 0 aromatic carbocycles. The lowest BCUT2D eigenvalue weighted by atomic mass is 10.4. The van der Waals surface area contributed by atoms with Crippen LogP contribution in [0.15, 0.2) is 11.2 Å². The largest absolute Gasteiger partial charge is 0.478 e. The fourth-order valence-electron chi connectivity index (χ4n) is 1.05. The number of aromatic nitrogens is 2. The Hall–Kier alpha value is -1.26. The predicted molar refractivity (Wildman–Crippen MR) is 64.3 cm³/mol. The first kappa shape index (κ1) is 14.8. The molecule has 10 heteroatoms. The summed E-state index contributed by atoms with van der Waals surface area (Å²) in [5.41, 5.74) is -0.437. The van der Waals surface area contributed by atoms with E-state index < -0.39 is 37.4 Å². The Bertz CT molecular complexity index is 565. The highest BCUT2D eigenvalue weighted by Gasteiger charge is 2.25. The van der Waals surface area contributed by atoms with Crippen LogP contribution in [0.2, 0.25) is 0 Å². The number of carboxylic acid groups (broad SMARTS) is 1. The van der Waals surface area contributed by atoms with Crippen molar-refractivity contribution in [3.05, 3.63) is 11.8 Å². The number of carbonyl (C=O) groups is 1. The number of nitrogens with zero attached hydrogens (tertiary/aromatic N) is 1. The minimum absolute atomic E-state index is 0.0521. The van der Waals surface area contributed by atoms with E-state index in [2.05, 4.69) is 14.9 Å². The lowest BCUT2D eigenvalue weighted by molar-refractivity contribution is 0.0692. The van der Waals surface area contributed by atoms with Crippen LogP contribution in [-0.2, 0) is 20.8 Å². The third kappa shape index (κ3) is 3.37. The molecule has 0 amide bonds. The molecule has 2 atom stereocenters. The topological polar surface area (TPSA) is 129 Å². The molecule has 1 aromatic heterocycles. The van der Waals surface area contributed by atoms with E-state index in [0.717, 1.165) is 6.20 Å². The maximum Gasteiger partial charge on any atom is 0.340 e. The molecular weight excluding hydrogens is 282 g/mol. The second-order valence-electron chi connectivity index (χ2n) is 3.58. The average Bonchev–Trinajstić information content (AvgIpc) is 2.75. The number of hydrogen-bond donors (Lipinski definition) is 3. The van der Waals surface area contributed by atoms with Gasteiger partial charge in [0.05, 0.1) is 6.20 Å². The Morgan fingerprint density at radius 1 is 1.67 bits per heavy atom. The zero-order chi connectivity index (χ0) is 13.9. The van der Waals surface area contributed by atoms with Gasteiger partial charge in [0.25, 0.3) is 10.0 Å². The van der Waals surface area contributed by atoms with Gasteiger partial charge in [-0.25, -0.2) is 17.9 Å². The Balaban J connectivity index is 2.90. The standard InChI is InChI=1S/C8H13N3O5S2/c1-5(17(2)14)3-10-18(15,16)7-6(8(12)13)4-9-11-7/h4-5,10H,3H2,1-2H3,(H,9,11)(H,12,13). The fraction of sp³-hybridized carbons (Fsp3) is 0.500. The molecule has 0 aliphatic heterocycles. The lowest BCUT2D eigenvalue weighted by Crippen LogP contribution is -2.33. The molecule has 0 bridgehead atoms. The van der Waals surface area contributed by atoms with Gasteiger partial charge >= 0.3 is 5.97 Å². The molecule has 1 heterocycles. The fourth-order valence-corrected chi connectivity index (χ4v) is 2.69. The Morgan fingerprint density at radius 2 is 2.28 bits per heavy atom. The van der Waals surface area contributed by atoms with Gasteiger partial charge in [0.1, 0.15) is 5.56 Å². The van der Waals surface area contributed by atoms with E-state index in [0.29, 0.717) is 0 Å². The molecule has 102 valence electrons. The third-order valence-corrected chi connectivity index (χ3v) is 4.93. The van der Waals surface area contributed by atoms with Crippen LogP contribution >= 0.6 is 0 Å². The van der Waals surface area contributed by atoms with Crippen molar-refractivity contribution < 1.29 is 22.5 Å². The molecule has 3 N–H and O–H groups in total. The summed E-state index contributed by atoms with van der Waals surface area (Å²) in [7, 11) is -5.18. The van der Waals surface area contributed by atoms with Crippen LogP contribution in [0, 0.1) is 0 Å². The van der Waals surface area contributed by atoms with E-state index in [1.165, 1.54) is 6.26 Å². The van der Waals surface area contributed by atoms with Crippen molar-refractivity contribution in [2.45, 2.75) is 17.2 Å². The zero-order valence-corrected chi connectivity index (χ0v) is 11.3. The molecule has 8 nitrogen and oxygen atoms in total. The van der Waals surface area contributed by atoms with Crippen molar-refractivity contribution in [2.24, 2.45) is 0 Å². The molecule has 0 aliphatic rings. The van der Waals surface area contributed by atoms with Gasteiger partial charge in [-0.2, -0.15) is 5.10 Å². The maximum absolute atomic E-state index is 11.8. The summed E-state index contributed by atoms with van der Waals surface area (Å²) in [5.74, 6) is -1.39. The van der Waals surface area contributed by atoms with Crippen LogP contribution in [0.5, 0.6) is 0 Å². The van der Waals surface area contributed by atoms with E-state index >= 15 is 0 Å². The number of aromatic amines is 1. The van der Waals surface area contributed by atoms with Crippen molar-refractivity contribution in [1.82, 2.24) is 14.9 Å². The van der Waals surface area contributed by atoms with Crippen LogP contribution in [0.25, 0.3) is 0 Å². The summed E-state index contributed by atoms with van der Waals surface area (Å²) in [4.78, 5) is 10.8. The molecule has 0 fully saturated rings. The molecule has 18 heavy (non-hydrogen) atoms. The third-order valence-electron chi connectivity index (χ3n) is 2.23. The van der Waals surface area contributed by atoms with Gasteiger partial charge in [0.2, 0.25) is 0 Å². The Labute approximate surface area is 106 Å². The maximum atomic E-state index is 11.8. The van der Waals surface area contributed by atoms with Crippen molar-refractivity contribution in [3.63, 3.8) is 0 Å². The van der Waals surface area contributed by atoms with Crippen LogP contribution in [0.3, 0.4) is 0 Å². The smallest absolute Gasteiger partial charge is 0.340 e. The Kier molecular flexibility index (Phi) is 4.59. The number of carboxylic acids is 1. The first-order valence-corrected chi connectivity index (χ1v) is 7.94. The van der Waals surface area contributed by atoms with Crippen molar-refractivity contribution in [2.75, 3.05) is 12.8 Å². The van der Waals surface area contributed by atoms with Gasteiger partial charge < -0.3 is 5.11 Å². The molecule has 0 radical (unpaired) electrons. The van der Waals surface area contributed by atoms with Crippen LogP contribution in [0.1, 0.15) is 17.3 Å². The number of rotatable bonds is 6. The number of hydrogen-bond acceptors (Lipinski definition) is 5. The van der Waals surface area contributed by atoms with E-state index in [1.54, 1.807) is 6.92 Å². The van der Waals surface area contributed by atoms with Crippen molar-refractivity contribution in [3.8, 4) is 0 Å². The first-order chi connectivity index (χ1) is 8.25. The van der Waals surface area contributed by atoms with E-state index in [4.69, 9.17) is 5.11 Å². The molecule has 0 saturated carbocycles. The van der Waals surface area contributed by atoms with Gasteiger partial charge in [0.15, 0.2) is 5.03 Å². The van der Waals surface area contributed by atoms with Gasteiger partial charge in [-0.05, 0) is 6.92 Å². The molecule has 1 aromatic rings. The summed E-state index contributed by atoms with van der Waals surface area (Å²) in [6.45, 7) is 1.56. The zero-order valence-electron chi connectivity index (χ0n) is 9.71. The van der Waals surface area contributed by atoms with Crippen LogP contribution in [0.4, 0.5) is 0 Å². The highest BCUT2D eigenvalue weighted by molar-refractivity contribution is 7.89.